The molecule has 102 valence electrons. The maximum atomic E-state index is 12.1. The summed E-state index contributed by atoms with van der Waals surface area (Å²) >= 11 is 1.66. The Kier molecular flexibility index (Phi) is 6.36. The van der Waals surface area contributed by atoms with Crippen molar-refractivity contribution in [1.29, 1.82) is 0 Å². The zero-order chi connectivity index (χ0) is 13.5. The van der Waals surface area contributed by atoms with Crippen molar-refractivity contribution >= 4 is 17.2 Å². The number of nitrogens with zero attached hydrogens (tertiary/aromatic N) is 1. The third kappa shape index (κ3) is 5.19. The summed E-state index contributed by atoms with van der Waals surface area (Å²) in [4.78, 5) is 13.9. The number of hydrogen-bond acceptors (Lipinski definition) is 3. The van der Waals surface area contributed by atoms with Crippen molar-refractivity contribution in [3.8, 4) is 0 Å². The van der Waals surface area contributed by atoms with E-state index < -0.39 is 0 Å². The molecule has 18 heavy (non-hydrogen) atoms. The normalized spacial score (nSPS) is 12.7. The average molecular weight is 268 g/mol. The number of thiophene rings is 1. The molecule has 0 aliphatic carbocycles. The van der Waals surface area contributed by atoms with Crippen LogP contribution in [0.3, 0.4) is 0 Å². The van der Waals surface area contributed by atoms with Gasteiger partial charge >= 0.3 is 0 Å². The number of rotatable bonds is 7. The topological polar surface area (TPSA) is 46.3 Å². The van der Waals surface area contributed by atoms with Gasteiger partial charge in [0.25, 0.3) is 0 Å². The zero-order valence-electron chi connectivity index (χ0n) is 11.6. The van der Waals surface area contributed by atoms with E-state index in [1.54, 1.807) is 16.2 Å². The van der Waals surface area contributed by atoms with E-state index in [1.165, 1.54) is 5.56 Å². The van der Waals surface area contributed by atoms with Gasteiger partial charge in [0.05, 0.1) is 0 Å². The molecule has 0 spiro atoms. The third-order valence-electron chi connectivity index (χ3n) is 3.03. The molecule has 2 N–H and O–H groups in total. The second-order valence-corrected chi connectivity index (χ2v) is 6.10. The van der Waals surface area contributed by atoms with E-state index in [9.17, 15) is 4.79 Å². The second kappa shape index (κ2) is 7.54. The monoisotopic (exact) mass is 268 g/mol. The molecule has 3 nitrogen and oxygen atoms in total. The highest BCUT2D eigenvalue weighted by Gasteiger charge is 2.17. The van der Waals surface area contributed by atoms with Crippen LogP contribution in [0.25, 0.3) is 0 Å². The molecule has 1 unspecified atom stereocenters. The van der Waals surface area contributed by atoms with Crippen molar-refractivity contribution in [2.75, 3.05) is 13.6 Å². The van der Waals surface area contributed by atoms with Crippen molar-refractivity contribution in [3.63, 3.8) is 0 Å². The van der Waals surface area contributed by atoms with Crippen molar-refractivity contribution in [2.24, 2.45) is 17.6 Å². The molecule has 1 heterocycles. The Morgan fingerprint density at radius 2 is 2.22 bits per heavy atom. The highest BCUT2D eigenvalue weighted by molar-refractivity contribution is 7.07. The van der Waals surface area contributed by atoms with Crippen LogP contribution in [-0.2, 0) is 11.3 Å². The molecule has 0 saturated carbocycles. The quantitative estimate of drug-likeness (QED) is 0.826. The van der Waals surface area contributed by atoms with E-state index >= 15 is 0 Å². The molecule has 1 rings (SSSR count). The first-order chi connectivity index (χ1) is 8.52. The number of amides is 1. The number of carbonyl (C=O) groups excluding carboxylic acids is 1. The van der Waals surface area contributed by atoms with Crippen molar-refractivity contribution in [2.45, 2.75) is 33.2 Å². The smallest absolute Gasteiger partial charge is 0.222 e. The molecule has 4 heteroatoms. The highest BCUT2D eigenvalue weighted by Crippen LogP contribution is 2.16. The fourth-order valence-corrected chi connectivity index (χ4v) is 2.74. The number of carbonyl (C=O) groups is 1. The lowest BCUT2D eigenvalue weighted by atomic mass is 9.94. The van der Waals surface area contributed by atoms with Gasteiger partial charge in [-0.1, -0.05) is 13.8 Å². The maximum Gasteiger partial charge on any atom is 0.222 e. The third-order valence-corrected chi connectivity index (χ3v) is 3.76. The Labute approximate surface area is 114 Å². The second-order valence-electron chi connectivity index (χ2n) is 5.32. The molecule has 0 bridgehead atoms. The lowest BCUT2D eigenvalue weighted by Gasteiger charge is -2.21. The molecule has 1 aromatic rings. The fraction of sp³-hybridized carbons (Fsp3) is 0.643. The van der Waals surface area contributed by atoms with E-state index in [0.29, 0.717) is 31.3 Å². The summed E-state index contributed by atoms with van der Waals surface area (Å²) in [5, 5.41) is 4.12. The molecular weight excluding hydrogens is 244 g/mol. The van der Waals surface area contributed by atoms with Crippen molar-refractivity contribution < 1.29 is 4.79 Å². The van der Waals surface area contributed by atoms with Crippen LogP contribution < -0.4 is 5.73 Å². The van der Waals surface area contributed by atoms with E-state index in [2.05, 4.69) is 25.3 Å². The molecule has 1 aromatic heterocycles. The summed E-state index contributed by atoms with van der Waals surface area (Å²) in [6, 6.07) is 2.06. The molecule has 0 aliphatic rings. The lowest BCUT2D eigenvalue weighted by molar-refractivity contribution is -0.131. The highest BCUT2D eigenvalue weighted by atomic mass is 32.1. The van der Waals surface area contributed by atoms with Gasteiger partial charge in [-0.15, -0.1) is 0 Å². The van der Waals surface area contributed by atoms with Crippen LogP contribution >= 0.6 is 11.3 Å². The summed E-state index contributed by atoms with van der Waals surface area (Å²) in [5.41, 5.74) is 6.93. The molecule has 0 aliphatic heterocycles. The Balaban J connectivity index is 2.43. The minimum atomic E-state index is 0.192. The number of nitrogens with two attached hydrogens (primary N) is 1. The van der Waals surface area contributed by atoms with Gasteiger partial charge < -0.3 is 10.6 Å². The molecule has 1 amide bonds. The van der Waals surface area contributed by atoms with Crippen molar-refractivity contribution in [3.05, 3.63) is 22.4 Å². The first kappa shape index (κ1) is 15.2. The average Bonchev–Trinajstić information content (AvgIpc) is 2.80. The minimum absolute atomic E-state index is 0.192. The van der Waals surface area contributed by atoms with E-state index in [0.717, 1.165) is 6.42 Å². The van der Waals surface area contributed by atoms with E-state index in [-0.39, 0.29) is 5.91 Å². The predicted octanol–water partition coefficient (Wildman–Crippen LogP) is 2.72. The molecule has 0 saturated heterocycles. The van der Waals surface area contributed by atoms with Gasteiger partial charge in [0, 0.05) is 20.0 Å². The van der Waals surface area contributed by atoms with Crippen LogP contribution in [0.1, 0.15) is 32.3 Å². The molecule has 0 aromatic carbocycles. The number of hydrogen-bond donors (Lipinski definition) is 1. The van der Waals surface area contributed by atoms with Gasteiger partial charge in [0.15, 0.2) is 0 Å². The summed E-state index contributed by atoms with van der Waals surface area (Å²) in [6.45, 7) is 5.63. The molecule has 0 radical (unpaired) electrons. The summed E-state index contributed by atoms with van der Waals surface area (Å²) in [7, 11) is 1.86. The molecule has 0 fully saturated rings. The molecule has 1 atom stereocenters. The van der Waals surface area contributed by atoms with Crippen LogP contribution in [0.2, 0.25) is 0 Å². The van der Waals surface area contributed by atoms with Crippen LogP contribution in [0, 0.1) is 11.8 Å². The van der Waals surface area contributed by atoms with Crippen LogP contribution in [0.15, 0.2) is 16.8 Å². The standard InChI is InChI=1S/C14H24N2OS/c1-11(2)6-13(8-15)7-14(17)16(3)9-12-4-5-18-10-12/h4-5,10-11,13H,6-9,15H2,1-3H3. The van der Waals surface area contributed by atoms with Gasteiger partial charge in [-0.05, 0) is 47.2 Å². The lowest BCUT2D eigenvalue weighted by Crippen LogP contribution is -2.30. The summed E-state index contributed by atoms with van der Waals surface area (Å²) in [5.74, 6) is 1.09. The van der Waals surface area contributed by atoms with Crippen LogP contribution in [-0.4, -0.2) is 24.4 Å². The Morgan fingerprint density at radius 3 is 2.72 bits per heavy atom. The maximum absolute atomic E-state index is 12.1. The largest absolute Gasteiger partial charge is 0.341 e. The SMILES string of the molecule is CC(C)CC(CN)CC(=O)N(C)Cc1ccsc1. The Bertz CT molecular complexity index is 349. The first-order valence-corrected chi connectivity index (χ1v) is 7.42. The van der Waals surface area contributed by atoms with Gasteiger partial charge in [0.1, 0.15) is 0 Å². The molecular formula is C14H24N2OS. The van der Waals surface area contributed by atoms with Gasteiger partial charge in [-0.2, -0.15) is 11.3 Å². The zero-order valence-corrected chi connectivity index (χ0v) is 12.4. The summed E-state index contributed by atoms with van der Waals surface area (Å²) < 4.78 is 0. The Morgan fingerprint density at radius 1 is 1.50 bits per heavy atom. The minimum Gasteiger partial charge on any atom is -0.341 e. The van der Waals surface area contributed by atoms with Gasteiger partial charge in [0.2, 0.25) is 5.91 Å². The van der Waals surface area contributed by atoms with Gasteiger partial charge in [-0.25, -0.2) is 0 Å². The summed E-state index contributed by atoms with van der Waals surface area (Å²) in [6.07, 6.45) is 1.59. The fourth-order valence-electron chi connectivity index (χ4n) is 2.08. The van der Waals surface area contributed by atoms with Crippen LogP contribution in [0.4, 0.5) is 0 Å². The predicted molar refractivity (Wildman–Crippen MR) is 77.4 cm³/mol. The van der Waals surface area contributed by atoms with Gasteiger partial charge in [-0.3, -0.25) is 4.79 Å². The van der Waals surface area contributed by atoms with Crippen molar-refractivity contribution in [1.82, 2.24) is 4.90 Å². The van der Waals surface area contributed by atoms with E-state index in [1.807, 2.05) is 12.4 Å². The van der Waals surface area contributed by atoms with Crippen LogP contribution in [0.5, 0.6) is 0 Å². The van der Waals surface area contributed by atoms with E-state index in [4.69, 9.17) is 5.73 Å². The Hall–Kier alpha value is -0.870. The first-order valence-electron chi connectivity index (χ1n) is 6.48.